The van der Waals surface area contributed by atoms with Crippen molar-refractivity contribution in [3.05, 3.63) is 29.3 Å². The molecule has 1 saturated carbocycles. The van der Waals surface area contributed by atoms with Crippen molar-refractivity contribution < 1.29 is 14.4 Å². The molecule has 0 spiro atoms. The lowest BCUT2D eigenvalue weighted by Gasteiger charge is -2.29. The molecular weight excluding hydrogens is 404 g/mol. The Bertz CT molecular complexity index is 749. The Morgan fingerprint density at radius 1 is 1.17 bits per heavy atom. The fraction of sp³-hybridized carbons (Fsp3) is 0.591. The van der Waals surface area contributed by atoms with Crippen LogP contribution in [0, 0.1) is 0 Å². The second kappa shape index (κ2) is 10.7. The highest BCUT2D eigenvalue weighted by molar-refractivity contribution is 6.30. The first-order chi connectivity index (χ1) is 14.5. The van der Waals surface area contributed by atoms with Gasteiger partial charge in [-0.3, -0.25) is 14.5 Å². The summed E-state index contributed by atoms with van der Waals surface area (Å²) in [5.41, 5.74) is 0.706. The standard InChI is InChI=1S/C22H31ClN4O3/c1-2-3-13-25(22(30)24-18-7-5-4-6-8-18)14-20(28)26-15-21(29)27(16-26)19-11-9-17(23)10-12-19/h9-12,18H,2-8,13-16H2,1H3,(H,24,30). The molecule has 1 aliphatic heterocycles. The molecule has 0 aromatic heterocycles. The van der Waals surface area contributed by atoms with Gasteiger partial charge in [0, 0.05) is 23.3 Å². The Morgan fingerprint density at radius 2 is 1.87 bits per heavy atom. The first-order valence-electron chi connectivity index (χ1n) is 10.9. The van der Waals surface area contributed by atoms with E-state index >= 15 is 0 Å². The predicted octanol–water partition coefficient (Wildman–Crippen LogP) is 3.62. The number of unbranched alkanes of at least 4 members (excludes halogenated alkanes) is 1. The molecule has 2 fully saturated rings. The third-order valence-electron chi connectivity index (χ3n) is 5.76. The Labute approximate surface area is 183 Å². The maximum Gasteiger partial charge on any atom is 0.318 e. The first-order valence-corrected chi connectivity index (χ1v) is 11.2. The Morgan fingerprint density at radius 3 is 2.53 bits per heavy atom. The number of nitrogens with one attached hydrogen (secondary N) is 1. The van der Waals surface area contributed by atoms with Gasteiger partial charge in [0.15, 0.2) is 0 Å². The van der Waals surface area contributed by atoms with E-state index in [-0.39, 0.29) is 43.6 Å². The number of halogens is 1. The molecule has 0 radical (unpaired) electrons. The summed E-state index contributed by atoms with van der Waals surface area (Å²) in [6, 6.07) is 6.98. The van der Waals surface area contributed by atoms with Gasteiger partial charge in [0.2, 0.25) is 11.8 Å². The van der Waals surface area contributed by atoms with Crippen molar-refractivity contribution in [2.45, 2.75) is 57.9 Å². The van der Waals surface area contributed by atoms with Gasteiger partial charge in [0.1, 0.15) is 19.8 Å². The van der Waals surface area contributed by atoms with E-state index in [0.717, 1.165) is 38.5 Å². The van der Waals surface area contributed by atoms with E-state index < -0.39 is 0 Å². The number of benzene rings is 1. The molecule has 0 atom stereocenters. The lowest BCUT2D eigenvalue weighted by Crippen LogP contribution is -2.49. The lowest BCUT2D eigenvalue weighted by atomic mass is 9.96. The second-order valence-corrected chi connectivity index (χ2v) is 8.53. The highest BCUT2D eigenvalue weighted by Gasteiger charge is 2.33. The maximum absolute atomic E-state index is 12.9. The van der Waals surface area contributed by atoms with Gasteiger partial charge in [0.05, 0.1) is 0 Å². The van der Waals surface area contributed by atoms with Crippen LogP contribution in [0.4, 0.5) is 10.5 Å². The van der Waals surface area contributed by atoms with Crippen LogP contribution in [0.25, 0.3) is 0 Å². The lowest BCUT2D eigenvalue weighted by molar-refractivity contribution is -0.132. The van der Waals surface area contributed by atoms with Gasteiger partial charge in [-0.2, -0.15) is 0 Å². The van der Waals surface area contributed by atoms with Gasteiger partial charge in [-0.1, -0.05) is 44.2 Å². The molecule has 1 aliphatic carbocycles. The highest BCUT2D eigenvalue weighted by atomic mass is 35.5. The molecule has 7 nitrogen and oxygen atoms in total. The normalized spacial score (nSPS) is 17.3. The van der Waals surface area contributed by atoms with Crippen molar-refractivity contribution in [3.8, 4) is 0 Å². The van der Waals surface area contributed by atoms with Crippen molar-refractivity contribution in [2.24, 2.45) is 0 Å². The smallest absolute Gasteiger partial charge is 0.318 e. The average molecular weight is 435 g/mol. The second-order valence-electron chi connectivity index (χ2n) is 8.09. The molecule has 3 rings (SSSR count). The van der Waals surface area contributed by atoms with E-state index in [2.05, 4.69) is 12.2 Å². The zero-order valence-electron chi connectivity index (χ0n) is 17.6. The van der Waals surface area contributed by atoms with E-state index in [1.807, 2.05) is 0 Å². The van der Waals surface area contributed by atoms with Crippen LogP contribution in [0.15, 0.2) is 24.3 Å². The molecular formula is C22H31ClN4O3. The Hall–Kier alpha value is -2.28. The molecule has 4 amide bonds. The number of carbonyl (C=O) groups excluding carboxylic acids is 3. The van der Waals surface area contributed by atoms with Crippen LogP contribution in [-0.2, 0) is 9.59 Å². The monoisotopic (exact) mass is 434 g/mol. The van der Waals surface area contributed by atoms with Crippen molar-refractivity contribution in [1.29, 1.82) is 0 Å². The number of amides is 4. The van der Waals surface area contributed by atoms with Crippen LogP contribution in [0.2, 0.25) is 5.02 Å². The Balaban J connectivity index is 1.59. The predicted molar refractivity (Wildman–Crippen MR) is 117 cm³/mol. The van der Waals surface area contributed by atoms with Gasteiger partial charge in [-0.15, -0.1) is 0 Å². The topological polar surface area (TPSA) is 73.0 Å². The van der Waals surface area contributed by atoms with Crippen LogP contribution in [0.1, 0.15) is 51.9 Å². The van der Waals surface area contributed by atoms with Crippen LogP contribution in [-0.4, -0.2) is 60.0 Å². The van der Waals surface area contributed by atoms with E-state index in [0.29, 0.717) is 17.3 Å². The third kappa shape index (κ3) is 5.88. The summed E-state index contributed by atoms with van der Waals surface area (Å²) in [5, 5.41) is 3.69. The number of rotatable bonds is 7. The van der Waals surface area contributed by atoms with Gasteiger partial charge in [-0.05, 0) is 43.5 Å². The van der Waals surface area contributed by atoms with E-state index in [4.69, 9.17) is 11.6 Å². The number of hydrogen-bond donors (Lipinski definition) is 1. The number of urea groups is 1. The third-order valence-corrected chi connectivity index (χ3v) is 6.01. The minimum absolute atomic E-state index is 0.0136. The Kier molecular flexibility index (Phi) is 7.96. The summed E-state index contributed by atoms with van der Waals surface area (Å²) >= 11 is 5.92. The molecule has 1 N–H and O–H groups in total. The minimum Gasteiger partial charge on any atom is -0.335 e. The molecule has 0 bridgehead atoms. The largest absolute Gasteiger partial charge is 0.335 e. The van der Waals surface area contributed by atoms with Crippen molar-refractivity contribution >= 4 is 35.1 Å². The van der Waals surface area contributed by atoms with Crippen molar-refractivity contribution in [2.75, 3.05) is 31.2 Å². The van der Waals surface area contributed by atoms with Gasteiger partial charge >= 0.3 is 6.03 Å². The molecule has 30 heavy (non-hydrogen) atoms. The zero-order chi connectivity index (χ0) is 21.5. The SMILES string of the molecule is CCCCN(CC(=O)N1CC(=O)N(c2ccc(Cl)cc2)C1)C(=O)NC1CCCCC1. The number of hydrogen-bond acceptors (Lipinski definition) is 3. The summed E-state index contributed by atoms with van der Waals surface area (Å²) in [7, 11) is 0. The van der Waals surface area contributed by atoms with Gasteiger partial charge in [-0.25, -0.2) is 4.79 Å². The van der Waals surface area contributed by atoms with Gasteiger partial charge in [0.25, 0.3) is 0 Å². The molecule has 0 unspecified atom stereocenters. The molecule has 1 aromatic rings. The number of nitrogens with zero attached hydrogens (tertiary/aromatic N) is 3. The molecule has 2 aliphatic rings. The molecule has 1 saturated heterocycles. The first kappa shape index (κ1) is 22.4. The summed E-state index contributed by atoms with van der Waals surface area (Å²) in [6.45, 7) is 2.78. The van der Waals surface area contributed by atoms with E-state index in [1.54, 1.807) is 34.1 Å². The molecule has 8 heteroatoms. The average Bonchev–Trinajstić information content (AvgIpc) is 3.14. The zero-order valence-corrected chi connectivity index (χ0v) is 18.4. The van der Waals surface area contributed by atoms with Crippen LogP contribution in [0.5, 0.6) is 0 Å². The molecule has 164 valence electrons. The van der Waals surface area contributed by atoms with Gasteiger partial charge < -0.3 is 15.1 Å². The number of carbonyl (C=O) groups is 3. The molecule has 1 aromatic carbocycles. The van der Waals surface area contributed by atoms with Crippen LogP contribution in [0.3, 0.4) is 0 Å². The summed E-state index contributed by atoms with van der Waals surface area (Å²) in [4.78, 5) is 42.8. The molecule has 1 heterocycles. The van der Waals surface area contributed by atoms with E-state index in [9.17, 15) is 14.4 Å². The highest BCUT2D eigenvalue weighted by Crippen LogP contribution is 2.22. The fourth-order valence-corrected chi connectivity index (χ4v) is 4.07. The number of anilines is 1. The van der Waals surface area contributed by atoms with E-state index in [1.165, 1.54) is 11.3 Å². The summed E-state index contributed by atoms with van der Waals surface area (Å²) < 4.78 is 0. The minimum atomic E-state index is -0.213. The summed E-state index contributed by atoms with van der Waals surface area (Å²) in [5.74, 6) is -0.354. The van der Waals surface area contributed by atoms with Crippen LogP contribution >= 0.6 is 11.6 Å². The van der Waals surface area contributed by atoms with Crippen molar-refractivity contribution in [3.63, 3.8) is 0 Å². The summed E-state index contributed by atoms with van der Waals surface area (Å²) in [6.07, 6.45) is 7.26. The van der Waals surface area contributed by atoms with Crippen LogP contribution < -0.4 is 10.2 Å². The fourth-order valence-electron chi connectivity index (χ4n) is 3.94. The van der Waals surface area contributed by atoms with Crippen molar-refractivity contribution in [1.82, 2.24) is 15.1 Å². The maximum atomic E-state index is 12.9. The quantitative estimate of drug-likeness (QED) is 0.712.